The number of phosphoric ester groups is 1. The number of nitrogens with zero attached hydrogens (tertiary/aromatic N) is 1. The third kappa shape index (κ3) is 58.2. The van der Waals surface area contributed by atoms with E-state index < -0.39 is 26.5 Å². The summed E-state index contributed by atoms with van der Waals surface area (Å²) in [7, 11) is 1.16. The molecule has 426 valence electrons. The molecule has 0 fully saturated rings. The van der Waals surface area contributed by atoms with E-state index in [1.54, 1.807) is 0 Å². The van der Waals surface area contributed by atoms with Gasteiger partial charge in [-0.1, -0.05) is 239 Å². The molecule has 0 bridgehead atoms. The molecule has 0 rings (SSSR count). The first kappa shape index (κ1) is 70.9. The Bertz CT molecular complexity index is 1570. The maximum Gasteiger partial charge on any atom is 0.306 e. The van der Waals surface area contributed by atoms with Crippen LogP contribution in [0.5, 0.6) is 0 Å². The number of likely N-dealkylation sites (N-methyl/N-ethyl adjacent to an activating group) is 1. The highest BCUT2D eigenvalue weighted by atomic mass is 31.2. The van der Waals surface area contributed by atoms with E-state index in [0.717, 1.165) is 89.9 Å². The number of carbonyl (C=O) groups excluding carboxylic acids is 2. The van der Waals surface area contributed by atoms with Gasteiger partial charge in [0.25, 0.3) is 7.82 Å². The van der Waals surface area contributed by atoms with Crippen LogP contribution >= 0.6 is 7.82 Å². The lowest BCUT2D eigenvalue weighted by molar-refractivity contribution is -0.870. The summed E-state index contributed by atoms with van der Waals surface area (Å²) in [6.45, 7) is 4.02. The first-order valence-corrected chi connectivity index (χ1v) is 31.4. The van der Waals surface area contributed by atoms with E-state index in [1.807, 2.05) is 21.1 Å². The zero-order chi connectivity index (χ0) is 54.2. The molecule has 0 saturated heterocycles. The average molecular weight is 1050 g/mol. The fourth-order valence-electron chi connectivity index (χ4n) is 8.05. The standard InChI is InChI=1S/C64H112NO8P/c1-6-8-10-12-14-16-18-20-22-24-26-28-30-32-34-36-38-40-42-44-46-48-50-52-54-56-63(66)70-60-62(61-72-74(68,69)71-59-58-65(3,4)5)73-64(67)57-55-53-51-49-47-45-43-41-39-37-35-33-31-29-27-25-23-21-19-17-15-13-11-9-7-2/h8-11,14-17,20-23,26-29,62H,6-7,12-13,18-19,24-25,30-61H2,1-5H3/b10-8-,11-9-,16-14-,17-15-,22-20-,23-21-,28-26-,29-27-. The molecule has 0 spiro atoms. The molecule has 10 heteroatoms. The summed E-state index contributed by atoms with van der Waals surface area (Å²) >= 11 is 0. The largest absolute Gasteiger partial charge is 0.756 e. The molecule has 2 unspecified atom stereocenters. The van der Waals surface area contributed by atoms with Crippen LogP contribution in [-0.2, 0) is 32.7 Å². The molecule has 9 nitrogen and oxygen atoms in total. The molecule has 0 radical (unpaired) electrons. The van der Waals surface area contributed by atoms with E-state index in [-0.39, 0.29) is 32.0 Å². The van der Waals surface area contributed by atoms with Crippen molar-refractivity contribution in [2.24, 2.45) is 0 Å². The van der Waals surface area contributed by atoms with Crippen LogP contribution in [0.3, 0.4) is 0 Å². The number of quaternary nitrogens is 1. The lowest BCUT2D eigenvalue weighted by Crippen LogP contribution is -2.37. The Kier molecular flexibility index (Phi) is 52.4. The molecule has 0 N–H and O–H groups in total. The Morgan fingerprint density at radius 1 is 0.419 bits per heavy atom. The quantitative estimate of drug-likeness (QED) is 0.0195. The van der Waals surface area contributed by atoms with Gasteiger partial charge in [0.1, 0.15) is 19.8 Å². The van der Waals surface area contributed by atoms with Crippen LogP contribution in [0, 0.1) is 0 Å². The number of ether oxygens (including phenoxy) is 2. The van der Waals surface area contributed by atoms with Gasteiger partial charge in [-0.2, -0.15) is 0 Å². The number of phosphoric acid groups is 1. The maximum absolute atomic E-state index is 12.8. The number of esters is 2. The lowest BCUT2D eigenvalue weighted by atomic mass is 10.0. The second kappa shape index (κ2) is 54.7. The minimum Gasteiger partial charge on any atom is -0.756 e. The normalized spacial score (nSPS) is 14.0. The van der Waals surface area contributed by atoms with Crippen molar-refractivity contribution in [3.8, 4) is 0 Å². The Morgan fingerprint density at radius 2 is 0.730 bits per heavy atom. The molecule has 0 aromatic heterocycles. The van der Waals surface area contributed by atoms with Crippen molar-refractivity contribution >= 4 is 19.8 Å². The van der Waals surface area contributed by atoms with Crippen LogP contribution in [0.2, 0.25) is 0 Å². The molecule has 0 saturated carbocycles. The van der Waals surface area contributed by atoms with Gasteiger partial charge in [0.15, 0.2) is 6.10 Å². The molecule has 0 aliphatic carbocycles. The highest BCUT2D eigenvalue weighted by molar-refractivity contribution is 7.45. The van der Waals surface area contributed by atoms with Gasteiger partial charge < -0.3 is 27.9 Å². The van der Waals surface area contributed by atoms with E-state index in [0.29, 0.717) is 17.4 Å². The van der Waals surface area contributed by atoms with E-state index in [1.165, 1.54) is 122 Å². The van der Waals surface area contributed by atoms with Gasteiger partial charge in [-0.25, -0.2) is 0 Å². The van der Waals surface area contributed by atoms with Crippen LogP contribution in [0.4, 0.5) is 0 Å². The minimum absolute atomic E-state index is 0.0352. The number of hydrogen-bond acceptors (Lipinski definition) is 8. The smallest absolute Gasteiger partial charge is 0.306 e. The Hall–Kier alpha value is -3.07. The number of hydrogen-bond donors (Lipinski definition) is 0. The minimum atomic E-state index is -4.64. The predicted octanol–water partition coefficient (Wildman–Crippen LogP) is 18.2. The van der Waals surface area contributed by atoms with Gasteiger partial charge in [-0.15, -0.1) is 0 Å². The lowest BCUT2D eigenvalue weighted by Gasteiger charge is -2.28. The van der Waals surface area contributed by atoms with Crippen molar-refractivity contribution in [3.05, 3.63) is 97.2 Å². The highest BCUT2D eigenvalue weighted by Gasteiger charge is 2.22. The van der Waals surface area contributed by atoms with Crippen molar-refractivity contribution in [2.75, 3.05) is 47.5 Å². The van der Waals surface area contributed by atoms with Gasteiger partial charge in [0, 0.05) is 12.8 Å². The summed E-state index contributed by atoms with van der Waals surface area (Å²) in [5.74, 6) is -0.837. The van der Waals surface area contributed by atoms with Gasteiger partial charge in [-0.3, -0.25) is 14.2 Å². The summed E-state index contributed by atoms with van der Waals surface area (Å²) in [6.07, 6.45) is 74.5. The van der Waals surface area contributed by atoms with E-state index in [2.05, 4.69) is 111 Å². The summed E-state index contributed by atoms with van der Waals surface area (Å²) in [5, 5.41) is 0. The van der Waals surface area contributed by atoms with Crippen LogP contribution in [0.15, 0.2) is 97.2 Å². The van der Waals surface area contributed by atoms with Crippen molar-refractivity contribution in [1.82, 2.24) is 0 Å². The predicted molar refractivity (Wildman–Crippen MR) is 314 cm³/mol. The monoisotopic (exact) mass is 1050 g/mol. The topological polar surface area (TPSA) is 111 Å². The highest BCUT2D eigenvalue weighted by Crippen LogP contribution is 2.38. The Balaban J connectivity index is 4.15. The van der Waals surface area contributed by atoms with Crippen molar-refractivity contribution < 1.29 is 42.1 Å². The maximum atomic E-state index is 12.8. The molecule has 2 atom stereocenters. The van der Waals surface area contributed by atoms with Crippen LogP contribution < -0.4 is 4.89 Å². The fourth-order valence-corrected chi connectivity index (χ4v) is 8.78. The molecular weight excluding hydrogens is 942 g/mol. The van der Waals surface area contributed by atoms with Crippen molar-refractivity contribution in [2.45, 2.75) is 251 Å². The SMILES string of the molecule is CC/C=C\C/C=C\C/C=C\C/C=C\CCCCCCCCCCCCCCC(=O)OCC(COP(=O)([O-])OCC[N+](C)(C)C)OC(=O)CCCCCCCCCCCCCC/C=C\C/C=C\C/C=C\C/C=C\CC. The van der Waals surface area contributed by atoms with Crippen molar-refractivity contribution in [3.63, 3.8) is 0 Å². The van der Waals surface area contributed by atoms with Crippen LogP contribution in [0.25, 0.3) is 0 Å². The Labute approximate surface area is 455 Å². The summed E-state index contributed by atoms with van der Waals surface area (Å²) in [5.41, 5.74) is 0. The average Bonchev–Trinajstić information content (AvgIpc) is 3.36. The van der Waals surface area contributed by atoms with E-state index in [9.17, 15) is 19.0 Å². The zero-order valence-electron chi connectivity index (χ0n) is 48.3. The van der Waals surface area contributed by atoms with Crippen molar-refractivity contribution in [1.29, 1.82) is 0 Å². The second-order valence-corrected chi connectivity index (χ2v) is 22.4. The molecule has 0 aromatic rings. The van der Waals surface area contributed by atoms with Crippen LogP contribution in [-0.4, -0.2) is 70.0 Å². The molecule has 0 aromatic carbocycles. The molecular formula is C64H112NO8P. The molecule has 0 aliphatic heterocycles. The number of rotatable bonds is 54. The molecule has 74 heavy (non-hydrogen) atoms. The number of carbonyl (C=O) groups is 2. The second-order valence-electron chi connectivity index (χ2n) is 20.9. The van der Waals surface area contributed by atoms with E-state index >= 15 is 0 Å². The summed E-state index contributed by atoms with van der Waals surface area (Å²) in [6, 6.07) is 0. The summed E-state index contributed by atoms with van der Waals surface area (Å²) in [4.78, 5) is 37.9. The zero-order valence-corrected chi connectivity index (χ0v) is 49.2. The third-order valence-corrected chi connectivity index (χ3v) is 13.6. The molecule has 0 amide bonds. The molecule has 0 aliphatic rings. The third-order valence-electron chi connectivity index (χ3n) is 12.6. The first-order chi connectivity index (χ1) is 36.0. The number of allylic oxidation sites excluding steroid dienone is 16. The Morgan fingerprint density at radius 3 is 1.08 bits per heavy atom. The van der Waals surface area contributed by atoms with Gasteiger partial charge in [0.2, 0.25) is 0 Å². The van der Waals surface area contributed by atoms with Crippen LogP contribution in [0.1, 0.15) is 245 Å². The van der Waals surface area contributed by atoms with E-state index in [4.69, 9.17) is 18.5 Å². The van der Waals surface area contributed by atoms with Gasteiger partial charge >= 0.3 is 11.9 Å². The van der Waals surface area contributed by atoms with Gasteiger partial charge in [0.05, 0.1) is 27.7 Å². The first-order valence-electron chi connectivity index (χ1n) is 29.9. The summed E-state index contributed by atoms with van der Waals surface area (Å²) < 4.78 is 34.2. The van der Waals surface area contributed by atoms with Gasteiger partial charge in [-0.05, 0) is 89.9 Å². The fraction of sp³-hybridized carbons (Fsp3) is 0.719. The number of unbranched alkanes of at least 4 members (excludes halogenated alkanes) is 24. The molecule has 0 heterocycles.